The lowest BCUT2D eigenvalue weighted by Crippen LogP contribution is -2.32. The van der Waals surface area contributed by atoms with Crippen LogP contribution in [-0.4, -0.2) is 81.4 Å². The predicted octanol–water partition coefficient (Wildman–Crippen LogP) is 4.45. The van der Waals surface area contributed by atoms with Gasteiger partial charge in [0.2, 0.25) is 0 Å². The monoisotopic (exact) mass is 531 g/mol. The van der Waals surface area contributed by atoms with Gasteiger partial charge in [0, 0.05) is 31.5 Å². The minimum absolute atomic E-state index is 0.309. The number of carbonyl (C=O) groups excluding carboxylic acids is 1. The molecular formula is C23H39Br2N3O. The van der Waals surface area contributed by atoms with Gasteiger partial charge in [-0.25, -0.2) is 0 Å². The Balaban J connectivity index is 0.000000219. The quantitative estimate of drug-likeness (QED) is 0.388. The molecule has 0 radical (unpaired) electrons. The summed E-state index contributed by atoms with van der Waals surface area (Å²) in [6.07, 6.45) is 16.0. The van der Waals surface area contributed by atoms with Gasteiger partial charge in [-0.2, -0.15) is 0 Å². The molecule has 3 rings (SSSR count). The molecule has 4 nitrogen and oxygen atoms in total. The number of aldehydes is 1. The van der Waals surface area contributed by atoms with Crippen molar-refractivity contribution < 1.29 is 4.79 Å². The minimum Gasteiger partial charge on any atom is -0.306 e. The van der Waals surface area contributed by atoms with Crippen LogP contribution < -0.4 is 0 Å². The lowest BCUT2D eigenvalue weighted by atomic mass is 9.99. The summed E-state index contributed by atoms with van der Waals surface area (Å²) in [5, 5.41) is 0. The highest BCUT2D eigenvalue weighted by molar-refractivity contribution is 9.28. The summed E-state index contributed by atoms with van der Waals surface area (Å²) in [5.74, 6) is 4.34. The van der Waals surface area contributed by atoms with Crippen molar-refractivity contribution in [2.24, 2.45) is 17.8 Å². The minimum atomic E-state index is 0.309. The predicted molar refractivity (Wildman–Crippen MR) is 131 cm³/mol. The molecule has 3 atom stereocenters. The maximum atomic E-state index is 10.3. The van der Waals surface area contributed by atoms with E-state index in [1.807, 2.05) is 0 Å². The topological polar surface area (TPSA) is 26.8 Å². The molecule has 0 aromatic rings. The lowest BCUT2D eigenvalue weighted by Gasteiger charge is -2.27. The van der Waals surface area contributed by atoms with Crippen LogP contribution in [0.2, 0.25) is 0 Å². The first-order chi connectivity index (χ1) is 13.8. The zero-order valence-corrected chi connectivity index (χ0v) is 21.6. The van der Waals surface area contributed by atoms with E-state index in [0.29, 0.717) is 11.8 Å². The van der Waals surface area contributed by atoms with Crippen molar-refractivity contribution in [1.29, 1.82) is 0 Å². The molecule has 29 heavy (non-hydrogen) atoms. The Morgan fingerprint density at radius 1 is 0.862 bits per heavy atom. The van der Waals surface area contributed by atoms with E-state index in [2.05, 4.69) is 79.7 Å². The first-order valence-electron chi connectivity index (χ1n) is 10.8. The van der Waals surface area contributed by atoms with Gasteiger partial charge in [0.05, 0.1) is 3.39 Å². The summed E-state index contributed by atoms with van der Waals surface area (Å²) in [6.45, 7) is 6.88. The number of nitrogens with zero attached hydrogens (tertiary/aromatic N) is 3. The summed E-state index contributed by atoms with van der Waals surface area (Å²) >= 11 is 6.78. The van der Waals surface area contributed by atoms with Crippen LogP contribution in [0.15, 0.2) is 9.47 Å². The van der Waals surface area contributed by atoms with Crippen molar-refractivity contribution in [2.75, 3.05) is 60.4 Å². The standard InChI is InChI=1S/C8H13Br2N.C8H13N.C7H13NO/c1-11-4-2-3-7(6-11)5-8(9)10;1-3-8-5-4-6-9(2)7-8;1-8-4-2-3-7(5-8)6-9/h5,7H,2-4,6H2,1H3;1,8H,4-7H2,2H3;6-7H,2-5H2,1H3. The molecule has 0 aromatic carbocycles. The van der Waals surface area contributed by atoms with Crippen molar-refractivity contribution in [1.82, 2.24) is 14.7 Å². The second-order valence-electron chi connectivity index (χ2n) is 8.69. The molecule has 3 aliphatic heterocycles. The van der Waals surface area contributed by atoms with Crippen LogP contribution in [0.3, 0.4) is 0 Å². The van der Waals surface area contributed by atoms with Gasteiger partial charge < -0.3 is 19.5 Å². The molecule has 3 fully saturated rings. The zero-order chi connectivity index (χ0) is 21.6. The van der Waals surface area contributed by atoms with Gasteiger partial charge in [-0.1, -0.05) is 6.08 Å². The van der Waals surface area contributed by atoms with Crippen molar-refractivity contribution in [3.63, 3.8) is 0 Å². The third-order valence-electron chi connectivity index (χ3n) is 5.74. The molecule has 0 bridgehead atoms. The highest BCUT2D eigenvalue weighted by Crippen LogP contribution is 2.22. The molecule has 3 aliphatic rings. The Hall–Kier alpha value is -0.190. The van der Waals surface area contributed by atoms with Gasteiger partial charge >= 0.3 is 0 Å². The maximum absolute atomic E-state index is 10.3. The molecule has 6 heteroatoms. The highest BCUT2D eigenvalue weighted by Gasteiger charge is 2.16. The molecule has 0 aromatic heterocycles. The summed E-state index contributed by atoms with van der Waals surface area (Å²) in [4.78, 5) is 17.2. The summed E-state index contributed by atoms with van der Waals surface area (Å²) in [6, 6.07) is 0. The van der Waals surface area contributed by atoms with Gasteiger partial charge in [0.1, 0.15) is 6.29 Å². The molecule has 166 valence electrons. The van der Waals surface area contributed by atoms with E-state index >= 15 is 0 Å². The Labute approximate surface area is 195 Å². The summed E-state index contributed by atoms with van der Waals surface area (Å²) < 4.78 is 1.09. The fourth-order valence-corrected chi connectivity index (χ4v) is 4.89. The average molecular weight is 533 g/mol. The molecule has 3 heterocycles. The highest BCUT2D eigenvalue weighted by atomic mass is 79.9. The fourth-order valence-electron chi connectivity index (χ4n) is 4.14. The van der Waals surface area contributed by atoms with Crippen LogP contribution in [0.1, 0.15) is 38.5 Å². The van der Waals surface area contributed by atoms with Crippen LogP contribution in [0.5, 0.6) is 0 Å². The van der Waals surface area contributed by atoms with Gasteiger partial charge in [-0.05, 0) is 117 Å². The summed E-state index contributed by atoms with van der Waals surface area (Å²) in [7, 11) is 6.38. The van der Waals surface area contributed by atoms with Gasteiger partial charge in [-0.15, -0.1) is 12.3 Å². The Bertz CT molecular complexity index is 531. The van der Waals surface area contributed by atoms with Crippen molar-refractivity contribution in [2.45, 2.75) is 38.5 Å². The number of carbonyl (C=O) groups is 1. The second-order valence-corrected chi connectivity index (χ2v) is 11.5. The number of hydrogen-bond acceptors (Lipinski definition) is 4. The van der Waals surface area contributed by atoms with Crippen LogP contribution >= 0.6 is 31.9 Å². The number of likely N-dealkylation sites (tertiary alicyclic amines) is 3. The van der Waals surface area contributed by atoms with Crippen LogP contribution in [0.25, 0.3) is 0 Å². The zero-order valence-electron chi connectivity index (χ0n) is 18.5. The number of halogens is 2. The molecule has 0 saturated carbocycles. The van der Waals surface area contributed by atoms with E-state index in [-0.39, 0.29) is 0 Å². The fraction of sp³-hybridized carbons (Fsp3) is 0.783. The van der Waals surface area contributed by atoms with Crippen LogP contribution in [-0.2, 0) is 4.79 Å². The maximum Gasteiger partial charge on any atom is 0.124 e. The van der Waals surface area contributed by atoms with Gasteiger partial charge in [0.15, 0.2) is 0 Å². The van der Waals surface area contributed by atoms with E-state index in [9.17, 15) is 4.79 Å². The normalized spacial score (nSPS) is 28.6. The number of terminal acetylenes is 1. The second kappa shape index (κ2) is 15.6. The summed E-state index contributed by atoms with van der Waals surface area (Å²) in [5.41, 5.74) is 0. The Kier molecular flexibility index (Phi) is 14.4. The van der Waals surface area contributed by atoms with Gasteiger partial charge in [0.25, 0.3) is 0 Å². The smallest absolute Gasteiger partial charge is 0.124 e. The average Bonchev–Trinajstić information content (AvgIpc) is 2.68. The molecule has 0 aliphatic carbocycles. The number of hydrogen-bond donors (Lipinski definition) is 0. The van der Waals surface area contributed by atoms with Crippen LogP contribution in [0.4, 0.5) is 0 Å². The first kappa shape index (κ1) is 26.8. The van der Waals surface area contributed by atoms with E-state index in [1.165, 1.54) is 51.7 Å². The molecule has 0 N–H and O–H groups in total. The molecule has 3 unspecified atom stereocenters. The molecule has 0 spiro atoms. The largest absolute Gasteiger partial charge is 0.306 e. The molecule has 3 saturated heterocycles. The van der Waals surface area contributed by atoms with E-state index < -0.39 is 0 Å². The van der Waals surface area contributed by atoms with Crippen molar-refractivity contribution in [3.8, 4) is 12.3 Å². The van der Waals surface area contributed by atoms with Crippen molar-refractivity contribution in [3.05, 3.63) is 9.47 Å². The lowest BCUT2D eigenvalue weighted by molar-refractivity contribution is -0.112. The Morgan fingerprint density at radius 2 is 1.34 bits per heavy atom. The van der Waals surface area contributed by atoms with Crippen LogP contribution in [0, 0.1) is 30.1 Å². The van der Waals surface area contributed by atoms with E-state index in [4.69, 9.17) is 6.42 Å². The Morgan fingerprint density at radius 3 is 1.72 bits per heavy atom. The SMILES string of the molecule is C#CC1CCCN(C)C1.CN1CCCC(C=C(Br)Br)C1.CN1CCCC(C=O)C1. The van der Waals surface area contributed by atoms with E-state index in [1.54, 1.807) is 0 Å². The van der Waals surface area contributed by atoms with Crippen molar-refractivity contribution >= 4 is 38.1 Å². The third kappa shape index (κ3) is 13.0. The third-order valence-corrected chi connectivity index (χ3v) is 6.26. The molecule has 0 amide bonds. The van der Waals surface area contributed by atoms with E-state index in [0.717, 1.165) is 41.7 Å². The number of piperidine rings is 3. The van der Waals surface area contributed by atoms with Gasteiger partial charge in [-0.3, -0.25) is 0 Å². The first-order valence-corrected chi connectivity index (χ1v) is 12.4. The molecular weight excluding hydrogens is 494 g/mol. The number of rotatable bonds is 2.